The Hall–Kier alpha value is 1.77. The Labute approximate surface area is 60.6 Å². The molecule has 5 heavy (non-hydrogen) atoms. The molecule has 1 unspecified atom stereocenters. The summed E-state index contributed by atoms with van der Waals surface area (Å²) in [5.74, 6) is 0. The number of hydrogen-bond acceptors (Lipinski definition) is 0. The van der Waals surface area contributed by atoms with E-state index >= 15 is 0 Å². The van der Waals surface area contributed by atoms with Crippen LogP contribution in [0.3, 0.4) is 0 Å². The number of rotatable bonds is 1. The van der Waals surface area contributed by atoms with Crippen molar-refractivity contribution in [1.29, 1.82) is 0 Å². The molecular formula is C2H3MnZn2. The van der Waals surface area contributed by atoms with E-state index in [1.54, 1.807) is 0 Å². The second-order valence-electron chi connectivity index (χ2n) is 0.886. The average molecular weight is 213 g/mol. The molecule has 0 heterocycles. The predicted octanol–water partition coefficient (Wildman–Crippen LogP) is 0.791. The summed E-state index contributed by atoms with van der Waals surface area (Å²) in [5, 5.41) is 1.40. The van der Waals surface area contributed by atoms with Gasteiger partial charge < -0.3 is 0 Å². The van der Waals surface area contributed by atoms with E-state index in [0.29, 0.717) is 0 Å². The topological polar surface area (TPSA) is 0 Å². The van der Waals surface area contributed by atoms with Crippen molar-refractivity contribution in [3.05, 3.63) is 0 Å². The molecule has 0 saturated heterocycles. The van der Waals surface area contributed by atoms with E-state index in [0.717, 1.165) is 3.41 Å². The minimum absolute atomic E-state index is 0.877. The molecule has 0 N–H and O–H groups in total. The van der Waals surface area contributed by atoms with E-state index in [4.69, 9.17) is 0 Å². The van der Waals surface area contributed by atoms with Gasteiger partial charge in [0, 0.05) is 0 Å². The molecule has 22 valence electrons. The molecule has 1 atom stereocenters. The molecule has 0 amide bonds. The average Bonchev–Trinajstić information content (AvgIpc) is 1.38. The first-order valence-electron chi connectivity index (χ1n) is 1.53. The summed E-state index contributed by atoms with van der Waals surface area (Å²) in [6, 6.07) is 0. The molecule has 0 fully saturated rings. The zero-order valence-corrected chi connectivity index (χ0v) is 10.2. The summed E-state index contributed by atoms with van der Waals surface area (Å²) >= 11 is 6.30. The minimum atomic E-state index is 0.877. The van der Waals surface area contributed by atoms with Crippen LogP contribution < -0.4 is 0 Å². The van der Waals surface area contributed by atoms with Gasteiger partial charge in [-0.05, 0) is 0 Å². The first-order chi connectivity index (χ1) is 2.27. The maximum absolute atomic E-state index is 3.46. The first kappa shape index (κ1) is 6.77. The van der Waals surface area contributed by atoms with Crippen LogP contribution in [0, 0.1) is 0 Å². The van der Waals surface area contributed by atoms with Gasteiger partial charge in [0.1, 0.15) is 0 Å². The Balaban J connectivity index is 2.54. The van der Waals surface area contributed by atoms with Gasteiger partial charge in [0.15, 0.2) is 0 Å². The van der Waals surface area contributed by atoms with Gasteiger partial charge in [0.05, 0.1) is 0 Å². The fourth-order valence-electron chi connectivity index (χ4n) is 0. The van der Waals surface area contributed by atoms with Crippen LogP contribution >= 0.6 is 0 Å². The van der Waals surface area contributed by atoms with Gasteiger partial charge in [-0.1, -0.05) is 0 Å². The maximum atomic E-state index is 3.46. The molecule has 0 spiro atoms. The monoisotopic (exact) mass is 210 g/mol. The third-order valence-electron chi connectivity index (χ3n) is 0.313. The molecule has 0 aliphatic carbocycles. The zero-order chi connectivity index (χ0) is 4.28. The van der Waals surface area contributed by atoms with Gasteiger partial charge in [-0.15, -0.1) is 0 Å². The van der Waals surface area contributed by atoms with Crippen molar-refractivity contribution in [2.45, 2.75) is 8.43 Å². The number of hydrogen-bond donors (Lipinski definition) is 0. The molecule has 0 bridgehead atoms. The molecule has 0 aliphatic rings. The Bertz CT molecular complexity index is 21.6. The van der Waals surface area contributed by atoms with E-state index in [-0.39, 0.29) is 0 Å². The Morgan fingerprint density at radius 3 is 2.00 bits per heavy atom. The molecule has 0 aromatic carbocycles. The molecule has 0 radical (unpaired) electrons. The summed E-state index contributed by atoms with van der Waals surface area (Å²) in [7, 11) is 0. The van der Waals surface area contributed by atoms with Gasteiger partial charge in [0.25, 0.3) is 0 Å². The van der Waals surface area contributed by atoms with Gasteiger partial charge in [-0.2, -0.15) is 0 Å². The molecular weight excluding hydrogens is 210 g/mol. The summed E-state index contributed by atoms with van der Waals surface area (Å²) in [6.07, 6.45) is 0. The van der Waals surface area contributed by atoms with E-state index in [9.17, 15) is 0 Å². The van der Waals surface area contributed by atoms with Gasteiger partial charge >= 0.3 is 61.0 Å². The van der Waals surface area contributed by atoms with Crippen LogP contribution in [0.4, 0.5) is 0 Å². The summed E-state index contributed by atoms with van der Waals surface area (Å²) in [6.45, 7) is 0. The summed E-state index contributed by atoms with van der Waals surface area (Å²) in [4.78, 5) is 0. The molecule has 0 aromatic heterocycles. The van der Waals surface area contributed by atoms with Crippen LogP contribution in [0.1, 0.15) is 0 Å². The van der Waals surface area contributed by atoms with Gasteiger partial charge in [-0.25, -0.2) is 0 Å². The van der Waals surface area contributed by atoms with E-state index in [1.165, 1.54) is 41.6 Å². The molecule has 0 saturated carbocycles. The summed E-state index contributed by atoms with van der Waals surface area (Å²) < 4.78 is 0.877. The van der Waals surface area contributed by atoms with Crippen molar-refractivity contribution in [2.75, 3.05) is 0 Å². The SMILES string of the molecule is [Mn][CH]([Zn])[CH2][Zn]. The fraction of sp³-hybridized carbons (Fsp3) is 1.00. The van der Waals surface area contributed by atoms with E-state index in [2.05, 4.69) is 16.0 Å². The third-order valence-corrected chi connectivity index (χ3v) is 7.85. The standard InChI is InChI=1S/C2H3.Mn.2Zn/c1-2;;;/h1H,2H2;;;. The Morgan fingerprint density at radius 1 is 1.80 bits per heavy atom. The van der Waals surface area contributed by atoms with Crippen LogP contribution in [-0.2, 0) is 52.6 Å². The first-order valence-corrected chi connectivity index (χ1v) is 6.03. The van der Waals surface area contributed by atoms with Crippen LogP contribution in [-0.4, -0.2) is 0 Å². The van der Waals surface area contributed by atoms with Crippen molar-refractivity contribution >= 4 is 0 Å². The zero-order valence-electron chi connectivity index (χ0n) is 3.08. The third kappa shape index (κ3) is 5.77. The summed E-state index contributed by atoms with van der Waals surface area (Å²) in [5.41, 5.74) is 0. The van der Waals surface area contributed by atoms with Crippen molar-refractivity contribution in [3.63, 3.8) is 0 Å². The Kier molecular flexibility index (Phi) is 5.33. The van der Waals surface area contributed by atoms with Crippen LogP contribution in [0.5, 0.6) is 0 Å². The van der Waals surface area contributed by atoms with E-state index < -0.39 is 0 Å². The van der Waals surface area contributed by atoms with Crippen molar-refractivity contribution in [1.82, 2.24) is 0 Å². The van der Waals surface area contributed by atoms with Crippen molar-refractivity contribution in [2.24, 2.45) is 0 Å². The van der Waals surface area contributed by atoms with Crippen molar-refractivity contribution < 1.29 is 52.6 Å². The molecule has 3 heteroatoms. The van der Waals surface area contributed by atoms with E-state index in [1.807, 2.05) is 0 Å². The van der Waals surface area contributed by atoms with Gasteiger partial charge in [0.2, 0.25) is 0 Å². The Morgan fingerprint density at radius 2 is 2.00 bits per heavy atom. The predicted molar refractivity (Wildman–Crippen MR) is 8.56 cm³/mol. The second kappa shape index (κ2) is 3.94. The van der Waals surface area contributed by atoms with Gasteiger partial charge in [-0.3, -0.25) is 0 Å². The van der Waals surface area contributed by atoms with Crippen LogP contribution in [0.15, 0.2) is 0 Å². The van der Waals surface area contributed by atoms with Crippen LogP contribution in [0.25, 0.3) is 0 Å². The normalized spacial score (nSPS) is 15.4. The molecule has 0 aliphatic heterocycles. The van der Waals surface area contributed by atoms with Crippen LogP contribution in [0.2, 0.25) is 8.43 Å². The quantitative estimate of drug-likeness (QED) is 0.564. The molecule has 0 aromatic rings. The fourth-order valence-corrected chi connectivity index (χ4v) is 0. The second-order valence-corrected chi connectivity index (χ2v) is 6.94. The molecule has 0 rings (SSSR count). The molecule has 0 nitrogen and oxygen atoms in total. The van der Waals surface area contributed by atoms with Crippen molar-refractivity contribution in [3.8, 4) is 0 Å².